The highest BCUT2D eigenvalue weighted by Gasteiger charge is 2.24. The molecule has 0 bridgehead atoms. The molecule has 1 unspecified atom stereocenters. The maximum absolute atomic E-state index is 11.1. The molecule has 1 aromatic rings. The van der Waals surface area contributed by atoms with Crippen molar-refractivity contribution >= 4 is 11.9 Å². The van der Waals surface area contributed by atoms with Gasteiger partial charge in [0.25, 0.3) is 0 Å². The number of nitrogens with one attached hydrogen (secondary N) is 1. The van der Waals surface area contributed by atoms with Gasteiger partial charge in [0.1, 0.15) is 0 Å². The highest BCUT2D eigenvalue weighted by molar-refractivity contribution is 5.80. The lowest BCUT2D eigenvalue weighted by Crippen LogP contribution is -2.40. The number of rotatable bonds is 9. The Labute approximate surface area is 157 Å². The van der Waals surface area contributed by atoms with Crippen LogP contribution in [0.3, 0.4) is 0 Å². The fourth-order valence-electron chi connectivity index (χ4n) is 3.52. The van der Waals surface area contributed by atoms with Gasteiger partial charge >= 0.3 is 5.97 Å². The van der Waals surface area contributed by atoms with Crippen LogP contribution < -0.4 is 5.32 Å². The summed E-state index contributed by atoms with van der Waals surface area (Å²) in [5.74, 6) is 1.62. The van der Waals surface area contributed by atoms with Crippen LogP contribution in [0.4, 0.5) is 0 Å². The Hall–Kier alpha value is -2.04. The Balaban J connectivity index is 1.61. The summed E-state index contributed by atoms with van der Waals surface area (Å²) in [6.45, 7) is 3.09. The summed E-state index contributed by atoms with van der Waals surface area (Å²) in [5.41, 5.74) is 1.43. The molecule has 1 N–H and O–H groups in total. The second-order valence-corrected chi connectivity index (χ2v) is 7.00. The number of unbranched alkanes of at least 4 members (excludes halogenated alkanes) is 3. The molecule has 0 aliphatic carbocycles. The van der Waals surface area contributed by atoms with Gasteiger partial charge in [-0.15, -0.1) is 0 Å². The van der Waals surface area contributed by atoms with Crippen molar-refractivity contribution in [1.29, 1.82) is 0 Å². The second kappa shape index (κ2) is 11.6. The summed E-state index contributed by atoms with van der Waals surface area (Å²) in [5, 5.41) is 3.49. The predicted octanol–water partition coefficient (Wildman–Crippen LogP) is 3.25. The largest absolute Gasteiger partial charge is 0.469 e. The zero-order chi connectivity index (χ0) is 18.6. The first kappa shape index (κ1) is 20.3. The van der Waals surface area contributed by atoms with E-state index in [-0.39, 0.29) is 5.97 Å². The minimum absolute atomic E-state index is 0.109. The van der Waals surface area contributed by atoms with Crippen LogP contribution in [-0.2, 0) is 16.0 Å². The van der Waals surface area contributed by atoms with E-state index in [1.807, 2.05) is 7.05 Å². The number of aliphatic imine (C=N–C) groups is 1. The number of methoxy groups -OCH3 is 1. The maximum atomic E-state index is 11.1. The third-order valence-electron chi connectivity index (χ3n) is 4.98. The minimum atomic E-state index is -0.109. The van der Waals surface area contributed by atoms with Gasteiger partial charge in [0.2, 0.25) is 0 Å². The third-order valence-corrected chi connectivity index (χ3v) is 4.98. The first-order valence-corrected chi connectivity index (χ1v) is 9.79. The average Bonchev–Trinajstić information content (AvgIpc) is 3.12. The van der Waals surface area contributed by atoms with Crippen molar-refractivity contribution in [3.63, 3.8) is 0 Å². The molecule has 0 aromatic heterocycles. The molecule has 1 aliphatic heterocycles. The Kier molecular flexibility index (Phi) is 9.01. The molecular weight excluding hydrogens is 326 g/mol. The summed E-state index contributed by atoms with van der Waals surface area (Å²) < 4.78 is 4.65. The fourth-order valence-corrected chi connectivity index (χ4v) is 3.52. The Morgan fingerprint density at radius 1 is 1.23 bits per heavy atom. The molecule has 1 heterocycles. The molecule has 1 saturated heterocycles. The number of esters is 1. The number of carbonyl (C=O) groups excluding carboxylic acids is 1. The highest BCUT2D eigenvalue weighted by atomic mass is 16.5. The van der Waals surface area contributed by atoms with Crippen LogP contribution in [0.2, 0.25) is 0 Å². The summed E-state index contributed by atoms with van der Waals surface area (Å²) in [6.07, 6.45) is 7.10. The van der Waals surface area contributed by atoms with Crippen molar-refractivity contribution in [2.75, 3.05) is 33.8 Å². The molecule has 1 aliphatic rings. The van der Waals surface area contributed by atoms with Crippen LogP contribution in [0.15, 0.2) is 35.3 Å². The summed E-state index contributed by atoms with van der Waals surface area (Å²) in [6, 6.07) is 10.7. The lowest BCUT2D eigenvalue weighted by atomic mass is 9.99. The third kappa shape index (κ3) is 7.06. The zero-order valence-corrected chi connectivity index (χ0v) is 16.2. The minimum Gasteiger partial charge on any atom is -0.469 e. The lowest BCUT2D eigenvalue weighted by molar-refractivity contribution is -0.140. The van der Waals surface area contributed by atoms with E-state index in [1.165, 1.54) is 19.1 Å². The monoisotopic (exact) mass is 359 g/mol. The van der Waals surface area contributed by atoms with Crippen molar-refractivity contribution in [2.24, 2.45) is 10.9 Å². The summed E-state index contributed by atoms with van der Waals surface area (Å²) in [7, 11) is 3.31. The zero-order valence-electron chi connectivity index (χ0n) is 16.2. The predicted molar refractivity (Wildman–Crippen MR) is 106 cm³/mol. The van der Waals surface area contributed by atoms with E-state index in [0.717, 1.165) is 57.7 Å². The van der Waals surface area contributed by atoms with E-state index >= 15 is 0 Å². The van der Waals surface area contributed by atoms with Crippen LogP contribution in [0.25, 0.3) is 0 Å². The molecule has 0 saturated carbocycles. The molecular formula is C21H33N3O2. The Morgan fingerprint density at radius 3 is 2.73 bits per heavy atom. The van der Waals surface area contributed by atoms with E-state index in [0.29, 0.717) is 12.3 Å². The van der Waals surface area contributed by atoms with E-state index in [1.54, 1.807) is 0 Å². The van der Waals surface area contributed by atoms with Crippen molar-refractivity contribution in [3.8, 4) is 0 Å². The lowest BCUT2D eigenvalue weighted by Gasteiger charge is -2.21. The Morgan fingerprint density at radius 2 is 2.00 bits per heavy atom. The number of ether oxygens (including phenoxy) is 1. The molecule has 1 aromatic carbocycles. The van der Waals surface area contributed by atoms with Gasteiger partial charge in [0.15, 0.2) is 5.96 Å². The van der Waals surface area contributed by atoms with Crippen LogP contribution in [0.5, 0.6) is 0 Å². The number of likely N-dealkylation sites (tertiary alicyclic amines) is 1. The number of guanidine groups is 1. The van der Waals surface area contributed by atoms with Crippen LogP contribution in [0.1, 0.15) is 44.1 Å². The highest BCUT2D eigenvalue weighted by Crippen LogP contribution is 2.20. The van der Waals surface area contributed by atoms with Gasteiger partial charge < -0.3 is 15.0 Å². The number of benzene rings is 1. The number of hydrogen-bond donors (Lipinski definition) is 1. The van der Waals surface area contributed by atoms with Gasteiger partial charge in [0, 0.05) is 33.1 Å². The van der Waals surface area contributed by atoms with Gasteiger partial charge in [-0.3, -0.25) is 9.79 Å². The molecule has 5 nitrogen and oxygen atoms in total. The van der Waals surface area contributed by atoms with Crippen molar-refractivity contribution < 1.29 is 9.53 Å². The molecule has 0 spiro atoms. The quantitative estimate of drug-likeness (QED) is 0.318. The molecule has 2 rings (SSSR count). The van der Waals surface area contributed by atoms with E-state index in [2.05, 4.69) is 50.3 Å². The smallest absolute Gasteiger partial charge is 0.305 e. The van der Waals surface area contributed by atoms with E-state index in [9.17, 15) is 4.79 Å². The van der Waals surface area contributed by atoms with Crippen molar-refractivity contribution in [2.45, 2.75) is 44.9 Å². The first-order valence-electron chi connectivity index (χ1n) is 9.79. The number of hydrogen-bond acceptors (Lipinski definition) is 3. The van der Waals surface area contributed by atoms with Gasteiger partial charge in [-0.2, -0.15) is 0 Å². The van der Waals surface area contributed by atoms with Gasteiger partial charge in [0.05, 0.1) is 7.11 Å². The fraction of sp³-hybridized carbons (Fsp3) is 0.619. The van der Waals surface area contributed by atoms with Gasteiger partial charge in [-0.05, 0) is 37.2 Å². The van der Waals surface area contributed by atoms with E-state index in [4.69, 9.17) is 0 Å². The van der Waals surface area contributed by atoms with Crippen molar-refractivity contribution in [1.82, 2.24) is 10.2 Å². The molecule has 26 heavy (non-hydrogen) atoms. The molecule has 0 radical (unpaired) electrons. The van der Waals surface area contributed by atoms with Crippen LogP contribution in [-0.4, -0.2) is 50.6 Å². The maximum Gasteiger partial charge on any atom is 0.305 e. The normalized spacial score (nSPS) is 17.4. The first-order chi connectivity index (χ1) is 12.7. The van der Waals surface area contributed by atoms with Gasteiger partial charge in [-0.25, -0.2) is 0 Å². The van der Waals surface area contributed by atoms with Crippen LogP contribution >= 0.6 is 0 Å². The molecule has 1 atom stereocenters. The Bertz CT molecular complexity index is 560. The summed E-state index contributed by atoms with van der Waals surface area (Å²) in [4.78, 5) is 17.9. The SMILES string of the molecule is CN=C(NCCCCCCC(=O)OC)N1CCC(Cc2ccccc2)C1. The molecule has 5 heteroatoms. The molecule has 144 valence electrons. The second-order valence-electron chi connectivity index (χ2n) is 7.00. The standard InChI is InChI=1S/C21H33N3O2/c1-22-21(23-14-9-4-3-8-12-20(25)26-2)24-15-13-19(17-24)16-18-10-6-5-7-11-18/h5-7,10-11,19H,3-4,8-9,12-17H2,1-2H3,(H,22,23). The van der Waals surface area contributed by atoms with Crippen LogP contribution in [0, 0.1) is 5.92 Å². The van der Waals surface area contributed by atoms with Gasteiger partial charge in [-0.1, -0.05) is 43.2 Å². The van der Waals surface area contributed by atoms with E-state index < -0.39 is 0 Å². The average molecular weight is 360 g/mol. The molecule has 1 fully saturated rings. The van der Waals surface area contributed by atoms with Crippen molar-refractivity contribution in [3.05, 3.63) is 35.9 Å². The molecule has 0 amide bonds. The number of carbonyl (C=O) groups is 1. The topological polar surface area (TPSA) is 53.9 Å². The number of nitrogens with zero attached hydrogens (tertiary/aromatic N) is 2. The summed E-state index contributed by atoms with van der Waals surface area (Å²) >= 11 is 0.